The molecule has 0 saturated heterocycles. The van der Waals surface area contributed by atoms with E-state index in [0.29, 0.717) is 6.61 Å². The van der Waals surface area contributed by atoms with E-state index < -0.39 is 0 Å². The Labute approximate surface area is 136 Å². The summed E-state index contributed by atoms with van der Waals surface area (Å²) in [4.78, 5) is 0. The summed E-state index contributed by atoms with van der Waals surface area (Å²) in [6, 6.07) is 8.13. The predicted molar refractivity (Wildman–Crippen MR) is 92.1 cm³/mol. The highest BCUT2D eigenvalue weighted by Crippen LogP contribution is 2.19. The molecule has 114 valence electrons. The zero-order valence-electron chi connectivity index (χ0n) is 12.6. The highest BCUT2D eigenvalue weighted by atomic mass is 127. The second kappa shape index (κ2) is 9.58. The summed E-state index contributed by atoms with van der Waals surface area (Å²) in [6.07, 6.45) is 4.28. The van der Waals surface area contributed by atoms with Crippen molar-refractivity contribution in [2.24, 2.45) is 0 Å². The van der Waals surface area contributed by atoms with Crippen LogP contribution in [0.4, 0.5) is 0 Å². The van der Waals surface area contributed by atoms with Crippen LogP contribution < -0.4 is 4.74 Å². The molecule has 0 unspecified atom stereocenters. The summed E-state index contributed by atoms with van der Waals surface area (Å²) in [5.41, 5.74) is 0. The fourth-order valence-electron chi connectivity index (χ4n) is 2.15. The Hall–Kier alpha value is -0.330. The van der Waals surface area contributed by atoms with Crippen molar-refractivity contribution >= 4 is 22.6 Å². The number of quaternary nitrogens is 1. The molecule has 0 spiro atoms. The molecule has 0 amide bonds. The normalized spacial score (nSPS) is 11.6. The lowest BCUT2D eigenvalue weighted by atomic mass is 10.2. The van der Waals surface area contributed by atoms with E-state index in [0.717, 1.165) is 42.6 Å². The van der Waals surface area contributed by atoms with Gasteiger partial charge in [-0.2, -0.15) is 0 Å². The third-order valence-corrected chi connectivity index (χ3v) is 4.31. The lowest BCUT2D eigenvalue weighted by Gasteiger charge is -2.29. The van der Waals surface area contributed by atoms with Gasteiger partial charge in [0.1, 0.15) is 5.75 Å². The maximum absolute atomic E-state index is 8.82. The Morgan fingerprint density at radius 1 is 1.05 bits per heavy atom. The van der Waals surface area contributed by atoms with Gasteiger partial charge in [0.15, 0.2) is 0 Å². The lowest BCUT2D eigenvalue weighted by Crippen LogP contribution is -2.41. The van der Waals surface area contributed by atoms with Crippen LogP contribution in [0.25, 0.3) is 0 Å². The standard InChI is InChI=1S/C16H27INO2/c1-18(2,11-5-7-13-19)12-6-8-14-20-16-10-4-3-9-15(16)17/h3-4,9-10,19H,5-8,11-14H2,1-2H3/q+1. The van der Waals surface area contributed by atoms with Gasteiger partial charge in [0.05, 0.1) is 37.4 Å². The van der Waals surface area contributed by atoms with Crippen molar-refractivity contribution < 1.29 is 14.3 Å². The molecule has 0 aliphatic heterocycles. The second-order valence-corrected chi connectivity index (χ2v) is 6.96. The maximum Gasteiger partial charge on any atom is 0.132 e. The van der Waals surface area contributed by atoms with Crippen molar-refractivity contribution in [1.29, 1.82) is 0 Å². The van der Waals surface area contributed by atoms with Gasteiger partial charge in [-0.15, -0.1) is 0 Å². The Morgan fingerprint density at radius 3 is 2.35 bits per heavy atom. The largest absolute Gasteiger partial charge is 0.492 e. The van der Waals surface area contributed by atoms with Gasteiger partial charge in [0.2, 0.25) is 0 Å². The first-order valence-corrected chi connectivity index (χ1v) is 8.43. The first-order chi connectivity index (χ1) is 9.55. The predicted octanol–water partition coefficient (Wildman–Crippen LogP) is 3.30. The molecule has 0 saturated carbocycles. The Bertz CT molecular complexity index is 382. The van der Waals surface area contributed by atoms with E-state index in [9.17, 15) is 0 Å². The average Bonchev–Trinajstić information content (AvgIpc) is 2.40. The Kier molecular flexibility index (Phi) is 8.49. The molecule has 1 aromatic rings. The van der Waals surface area contributed by atoms with Gasteiger partial charge in [0.25, 0.3) is 0 Å². The van der Waals surface area contributed by atoms with Crippen molar-refractivity contribution in [3.63, 3.8) is 0 Å². The Balaban J connectivity index is 2.14. The van der Waals surface area contributed by atoms with Gasteiger partial charge < -0.3 is 14.3 Å². The van der Waals surface area contributed by atoms with Gasteiger partial charge >= 0.3 is 0 Å². The molecule has 20 heavy (non-hydrogen) atoms. The molecule has 3 nitrogen and oxygen atoms in total. The SMILES string of the molecule is C[N+](C)(CCCCO)CCCCOc1ccccc1I. The Morgan fingerprint density at radius 2 is 1.70 bits per heavy atom. The monoisotopic (exact) mass is 392 g/mol. The van der Waals surface area contributed by atoms with Crippen molar-refractivity contribution in [2.75, 3.05) is 40.4 Å². The van der Waals surface area contributed by atoms with E-state index in [1.807, 2.05) is 18.2 Å². The number of aliphatic hydroxyl groups excluding tert-OH is 1. The molecule has 1 aromatic carbocycles. The number of unbranched alkanes of at least 4 members (excludes halogenated alkanes) is 2. The zero-order valence-corrected chi connectivity index (χ0v) is 14.8. The minimum absolute atomic E-state index is 0.309. The number of halogens is 1. The van der Waals surface area contributed by atoms with Crippen LogP contribution in [0.2, 0.25) is 0 Å². The number of nitrogens with zero attached hydrogens (tertiary/aromatic N) is 1. The second-order valence-electron chi connectivity index (χ2n) is 5.80. The van der Waals surface area contributed by atoms with Crippen LogP contribution in [-0.2, 0) is 0 Å². The van der Waals surface area contributed by atoms with Crippen molar-refractivity contribution in [2.45, 2.75) is 25.7 Å². The van der Waals surface area contributed by atoms with Crippen LogP contribution in [-0.4, -0.2) is 50.0 Å². The van der Waals surface area contributed by atoms with Gasteiger partial charge in [-0.3, -0.25) is 0 Å². The van der Waals surface area contributed by atoms with E-state index >= 15 is 0 Å². The average molecular weight is 392 g/mol. The van der Waals surface area contributed by atoms with Gasteiger partial charge in [-0.05, 0) is 60.4 Å². The first kappa shape index (κ1) is 17.7. The molecule has 1 rings (SSSR count). The fourth-order valence-corrected chi connectivity index (χ4v) is 2.69. The number of ether oxygens (including phenoxy) is 1. The number of benzene rings is 1. The molecule has 0 bridgehead atoms. The molecule has 0 aromatic heterocycles. The minimum Gasteiger partial charge on any atom is -0.492 e. The summed E-state index contributed by atoms with van der Waals surface area (Å²) in [7, 11) is 4.52. The molecule has 0 radical (unpaired) electrons. The van der Waals surface area contributed by atoms with Gasteiger partial charge in [0, 0.05) is 6.61 Å². The summed E-state index contributed by atoms with van der Waals surface area (Å²) < 4.78 is 8.00. The van der Waals surface area contributed by atoms with E-state index in [2.05, 4.69) is 42.8 Å². The smallest absolute Gasteiger partial charge is 0.132 e. The van der Waals surface area contributed by atoms with Gasteiger partial charge in [-0.1, -0.05) is 12.1 Å². The van der Waals surface area contributed by atoms with Crippen LogP contribution in [0.1, 0.15) is 25.7 Å². The number of hydrogen-bond acceptors (Lipinski definition) is 2. The van der Waals surface area contributed by atoms with Crippen LogP contribution in [0.3, 0.4) is 0 Å². The van der Waals surface area contributed by atoms with Crippen LogP contribution >= 0.6 is 22.6 Å². The summed E-state index contributed by atoms with van der Waals surface area (Å²) in [5.74, 6) is 0.991. The van der Waals surface area contributed by atoms with Gasteiger partial charge in [-0.25, -0.2) is 0 Å². The maximum atomic E-state index is 8.82. The van der Waals surface area contributed by atoms with E-state index in [-0.39, 0.29) is 0 Å². The number of hydrogen-bond donors (Lipinski definition) is 1. The summed E-state index contributed by atoms with van der Waals surface area (Å²) in [6.45, 7) is 3.40. The van der Waals surface area contributed by atoms with Crippen LogP contribution in [0, 0.1) is 3.57 Å². The molecule has 0 heterocycles. The van der Waals surface area contributed by atoms with E-state index in [1.165, 1.54) is 16.5 Å². The highest BCUT2D eigenvalue weighted by Gasteiger charge is 2.13. The lowest BCUT2D eigenvalue weighted by molar-refractivity contribution is -0.890. The molecule has 0 aliphatic rings. The van der Waals surface area contributed by atoms with E-state index in [4.69, 9.17) is 9.84 Å². The minimum atomic E-state index is 0.309. The van der Waals surface area contributed by atoms with Crippen molar-refractivity contribution in [3.05, 3.63) is 27.8 Å². The van der Waals surface area contributed by atoms with E-state index in [1.54, 1.807) is 0 Å². The molecule has 1 N–H and O–H groups in total. The topological polar surface area (TPSA) is 29.5 Å². The summed E-state index contributed by atoms with van der Waals surface area (Å²) in [5, 5.41) is 8.82. The molecular weight excluding hydrogens is 365 g/mol. The van der Waals surface area contributed by atoms with Crippen LogP contribution in [0.5, 0.6) is 5.75 Å². The molecule has 0 fully saturated rings. The van der Waals surface area contributed by atoms with Crippen LogP contribution in [0.15, 0.2) is 24.3 Å². The van der Waals surface area contributed by atoms with Crippen molar-refractivity contribution in [1.82, 2.24) is 0 Å². The molecule has 4 heteroatoms. The first-order valence-electron chi connectivity index (χ1n) is 7.35. The quantitative estimate of drug-likeness (QED) is 0.376. The molecular formula is C16H27INO2+. The third-order valence-electron chi connectivity index (χ3n) is 3.42. The number of para-hydroxylation sites is 1. The summed E-state index contributed by atoms with van der Waals surface area (Å²) >= 11 is 2.30. The highest BCUT2D eigenvalue weighted by molar-refractivity contribution is 14.1. The zero-order chi connectivity index (χ0) is 14.8. The van der Waals surface area contributed by atoms with Crippen molar-refractivity contribution in [3.8, 4) is 5.75 Å². The molecule has 0 atom stereocenters. The third kappa shape index (κ3) is 7.45. The fraction of sp³-hybridized carbons (Fsp3) is 0.625. The number of aliphatic hydroxyl groups is 1. The molecule has 0 aliphatic carbocycles. The number of rotatable bonds is 10.